The van der Waals surface area contributed by atoms with Crippen LogP contribution in [0.15, 0.2) is 30.5 Å². The van der Waals surface area contributed by atoms with Gasteiger partial charge in [-0.15, -0.1) is 0 Å². The molecular formula is C15H19N3O3. The average Bonchev–Trinajstić information content (AvgIpc) is 2.46. The molecule has 112 valence electrons. The fourth-order valence-corrected chi connectivity index (χ4v) is 2.22. The van der Waals surface area contributed by atoms with Crippen LogP contribution in [-0.2, 0) is 9.53 Å². The number of aromatic nitrogens is 1. The third kappa shape index (κ3) is 3.61. The van der Waals surface area contributed by atoms with Crippen LogP contribution in [0.3, 0.4) is 0 Å². The highest BCUT2D eigenvalue weighted by Crippen LogP contribution is 2.29. The van der Waals surface area contributed by atoms with E-state index >= 15 is 0 Å². The molecule has 6 nitrogen and oxygen atoms in total. The SMILES string of the molecule is COCCNc1cccc2c(N(C)CC(=O)O)nccc12. The zero-order chi connectivity index (χ0) is 15.2. The number of hydrogen-bond acceptors (Lipinski definition) is 5. The van der Waals surface area contributed by atoms with E-state index in [4.69, 9.17) is 9.84 Å². The number of carbonyl (C=O) groups is 1. The van der Waals surface area contributed by atoms with Gasteiger partial charge in [-0.2, -0.15) is 0 Å². The Morgan fingerprint density at radius 1 is 1.38 bits per heavy atom. The Balaban J connectivity index is 2.36. The van der Waals surface area contributed by atoms with Crippen molar-refractivity contribution in [2.24, 2.45) is 0 Å². The van der Waals surface area contributed by atoms with Gasteiger partial charge in [-0.25, -0.2) is 4.98 Å². The zero-order valence-electron chi connectivity index (χ0n) is 12.2. The second kappa shape index (κ2) is 6.90. The Kier molecular flexibility index (Phi) is 4.94. The number of nitrogens with zero attached hydrogens (tertiary/aromatic N) is 2. The molecule has 0 bridgehead atoms. The van der Waals surface area contributed by atoms with E-state index in [1.54, 1.807) is 25.3 Å². The standard InChI is InChI=1S/C15H19N3O3/c1-18(10-14(19)20)15-12-4-3-5-13(16-8-9-21-2)11(12)6-7-17-15/h3-7,16H,8-10H2,1-2H3,(H,19,20). The number of ether oxygens (including phenoxy) is 1. The summed E-state index contributed by atoms with van der Waals surface area (Å²) in [5.41, 5.74) is 0.983. The van der Waals surface area contributed by atoms with Crippen molar-refractivity contribution in [2.75, 3.05) is 44.1 Å². The second-order valence-corrected chi connectivity index (χ2v) is 4.70. The van der Waals surface area contributed by atoms with Crippen LogP contribution in [0.4, 0.5) is 11.5 Å². The van der Waals surface area contributed by atoms with Crippen molar-refractivity contribution in [2.45, 2.75) is 0 Å². The van der Waals surface area contributed by atoms with Gasteiger partial charge < -0.3 is 20.1 Å². The first-order chi connectivity index (χ1) is 10.1. The Bertz CT molecular complexity index is 631. The lowest BCUT2D eigenvalue weighted by atomic mass is 10.1. The van der Waals surface area contributed by atoms with Crippen LogP contribution in [0.2, 0.25) is 0 Å². The summed E-state index contributed by atoms with van der Waals surface area (Å²) in [5.74, 6) is -0.226. The predicted octanol–water partition coefficient (Wildman–Crippen LogP) is 1.81. The summed E-state index contributed by atoms with van der Waals surface area (Å²) in [4.78, 5) is 16.8. The van der Waals surface area contributed by atoms with E-state index in [1.807, 2.05) is 24.3 Å². The maximum Gasteiger partial charge on any atom is 0.323 e. The molecule has 0 atom stereocenters. The molecule has 0 radical (unpaired) electrons. The Morgan fingerprint density at radius 2 is 2.19 bits per heavy atom. The lowest BCUT2D eigenvalue weighted by molar-refractivity contribution is -0.135. The molecule has 2 rings (SSSR count). The van der Waals surface area contributed by atoms with Gasteiger partial charge in [0, 0.05) is 43.4 Å². The second-order valence-electron chi connectivity index (χ2n) is 4.70. The number of fused-ring (bicyclic) bond motifs is 1. The first kappa shape index (κ1) is 15.1. The van der Waals surface area contributed by atoms with E-state index in [0.29, 0.717) is 19.0 Å². The number of hydrogen-bond donors (Lipinski definition) is 2. The molecule has 0 amide bonds. The quantitative estimate of drug-likeness (QED) is 0.757. The minimum atomic E-state index is -0.884. The monoisotopic (exact) mass is 289 g/mol. The Morgan fingerprint density at radius 3 is 2.90 bits per heavy atom. The van der Waals surface area contributed by atoms with Gasteiger partial charge in [0.15, 0.2) is 0 Å². The zero-order valence-corrected chi connectivity index (χ0v) is 12.2. The van der Waals surface area contributed by atoms with Crippen molar-refractivity contribution in [1.82, 2.24) is 4.98 Å². The molecule has 0 aliphatic rings. The van der Waals surface area contributed by atoms with Gasteiger partial charge in [-0.05, 0) is 12.1 Å². The minimum absolute atomic E-state index is 0.0898. The molecule has 0 spiro atoms. The van der Waals surface area contributed by atoms with Crippen LogP contribution in [0, 0.1) is 0 Å². The fourth-order valence-electron chi connectivity index (χ4n) is 2.22. The molecule has 0 fully saturated rings. The predicted molar refractivity (Wildman–Crippen MR) is 83.0 cm³/mol. The van der Waals surface area contributed by atoms with E-state index in [9.17, 15) is 4.79 Å². The number of rotatable bonds is 7. The van der Waals surface area contributed by atoms with E-state index in [2.05, 4.69) is 10.3 Å². The van der Waals surface area contributed by atoms with Crippen LogP contribution < -0.4 is 10.2 Å². The van der Waals surface area contributed by atoms with Crippen LogP contribution in [0.25, 0.3) is 10.8 Å². The molecule has 6 heteroatoms. The van der Waals surface area contributed by atoms with E-state index in [0.717, 1.165) is 16.5 Å². The summed E-state index contributed by atoms with van der Waals surface area (Å²) in [5, 5.41) is 14.2. The summed E-state index contributed by atoms with van der Waals surface area (Å²) < 4.78 is 5.03. The van der Waals surface area contributed by atoms with Crippen LogP contribution in [0.5, 0.6) is 0 Å². The summed E-state index contributed by atoms with van der Waals surface area (Å²) in [6.07, 6.45) is 1.69. The van der Waals surface area contributed by atoms with Gasteiger partial charge in [0.2, 0.25) is 0 Å². The van der Waals surface area contributed by atoms with Gasteiger partial charge in [0.05, 0.1) is 6.61 Å². The number of likely N-dealkylation sites (N-methyl/N-ethyl adjacent to an activating group) is 1. The van der Waals surface area contributed by atoms with Gasteiger partial charge in [-0.3, -0.25) is 4.79 Å². The topological polar surface area (TPSA) is 74.7 Å². The van der Waals surface area contributed by atoms with Gasteiger partial charge >= 0.3 is 5.97 Å². The highest BCUT2D eigenvalue weighted by Gasteiger charge is 2.12. The summed E-state index contributed by atoms with van der Waals surface area (Å²) >= 11 is 0. The number of aliphatic carboxylic acids is 1. The summed E-state index contributed by atoms with van der Waals surface area (Å²) in [6, 6.07) is 7.77. The molecule has 1 aromatic carbocycles. The van der Waals surface area contributed by atoms with Crippen molar-refractivity contribution < 1.29 is 14.6 Å². The molecule has 2 N–H and O–H groups in total. The smallest absolute Gasteiger partial charge is 0.323 e. The molecule has 0 aliphatic carbocycles. The average molecular weight is 289 g/mol. The van der Waals surface area contributed by atoms with Crippen molar-refractivity contribution >= 4 is 28.2 Å². The van der Waals surface area contributed by atoms with Crippen LogP contribution in [-0.4, -0.2) is 49.9 Å². The fraction of sp³-hybridized carbons (Fsp3) is 0.333. The number of carboxylic acid groups (broad SMARTS) is 1. The number of methoxy groups -OCH3 is 1. The molecule has 0 saturated carbocycles. The van der Waals surface area contributed by atoms with Crippen molar-refractivity contribution in [3.8, 4) is 0 Å². The molecule has 1 aromatic heterocycles. The van der Waals surface area contributed by atoms with Gasteiger partial charge in [0.25, 0.3) is 0 Å². The molecule has 2 aromatic rings. The maximum absolute atomic E-state index is 10.9. The number of anilines is 2. The summed E-state index contributed by atoms with van der Waals surface area (Å²) in [7, 11) is 3.38. The van der Waals surface area contributed by atoms with Crippen molar-refractivity contribution in [3.63, 3.8) is 0 Å². The minimum Gasteiger partial charge on any atom is -0.480 e. The highest BCUT2D eigenvalue weighted by molar-refractivity contribution is 6.00. The van der Waals surface area contributed by atoms with E-state index < -0.39 is 5.97 Å². The third-order valence-corrected chi connectivity index (χ3v) is 3.14. The third-order valence-electron chi connectivity index (χ3n) is 3.14. The molecule has 0 unspecified atom stereocenters. The Labute approximate surface area is 123 Å². The van der Waals surface area contributed by atoms with Crippen LogP contribution in [0.1, 0.15) is 0 Å². The molecule has 0 saturated heterocycles. The molecule has 1 heterocycles. The van der Waals surface area contributed by atoms with Crippen molar-refractivity contribution in [1.29, 1.82) is 0 Å². The number of benzene rings is 1. The molecular weight excluding hydrogens is 270 g/mol. The first-order valence-corrected chi connectivity index (χ1v) is 6.67. The molecule has 0 aliphatic heterocycles. The van der Waals surface area contributed by atoms with Crippen LogP contribution >= 0.6 is 0 Å². The number of carboxylic acids is 1. The van der Waals surface area contributed by atoms with Crippen molar-refractivity contribution in [3.05, 3.63) is 30.5 Å². The lowest BCUT2D eigenvalue weighted by Crippen LogP contribution is -2.26. The lowest BCUT2D eigenvalue weighted by Gasteiger charge is -2.18. The maximum atomic E-state index is 10.9. The highest BCUT2D eigenvalue weighted by atomic mass is 16.5. The normalized spacial score (nSPS) is 10.6. The largest absolute Gasteiger partial charge is 0.480 e. The van der Waals surface area contributed by atoms with E-state index in [1.165, 1.54) is 0 Å². The van der Waals surface area contributed by atoms with Gasteiger partial charge in [-0.1, -0.05) is 12.1 Å². The van der Waals surface area contributed by atoms with E-state index in [-0.39, 0.29) is 6.54 Å². The number of nitrogens with one attached hydrogen (secondary N) is 1. The van der Waals surface area contributed by atoms with Gasteiger partial charge in [0.1, 0.15) is 12.4 Å². The number of pyridine rings is 1. The molecule has 21 heavy (non-hydrogen) atoms. The summed E-state index contributed by atoms with van der Waals surface area (Å²) in [6.45, 7) is 1.24. The Hall–Kier alpha value is -2.34. The first-order valence-electron chi connectivity index (χ1n) is 6.67.